The Labute approximate surface area is 99.6 Å². The lowest BCUT2D eigenvalue weighted by Gasteiger charge is -2.33. The number of thioether (sulfide) groups is 1. The van der Waals surface area contributed by atoms with Gasteiger partial charge in [0.1, 0.15) is 5.54 Å². The molecule has 1 fully saturated rings. The van der Waals surface area contributed by atoms with Crippen LogP contribution >= 0.6 is 11.8 Å². The van der Waals surface area contributed by atoms with Gasteiger partial charge in [0.25, 0.3) is 0 Å². The summed E-state index contributed by atoms with van der Waals surface area (Å²) in [6.45, 7) is 1.25. The third-order valence-electron chi connectivity index (χ3n) is 2.70. The van der Waals surface area contributed by atoms with Crippen LogP contribution in [-0.2, 0) is 9.53 Å². The van der Waals surface area contributed by atoms with Gasteiger partial charge in [0, 0.05) is 6.54 Å². The van der Waals surface area contributed by atoms with Crippen LogP contribution in [0.4, 0.5) is 0 Å². The number of carboxylic acids is 1. The van der Waals surface area contributed by atoms with E-state index in [-0.39, 0.29) is 6.61 Å². The molecule has 0 aliphatic carbocycles. The summed E-state index contributed by atoms with van der Waals surface area (Å²) in [5, 5.41) is 20.8. The van der Waals surface area contributed by atoms with E-state index in [4.69, 9.17) is 9.84 Å². The molecule has 0 atom stereocenters. The minimum atomic E-state index is -0.770. The van der Waals surface area contributed by atoms with Gasteiger partial charge in [-0.25, -0.2) is 0 Å². The van der Waals surface area contributed by atoms with Gasteiger partial charge in [0.2, 0.25) is 0 Å². The number of nitrogens with one attached hydrogen (secondary N) is 1. The van der Waals surface area contributed by atoms with Gasteiger partial charge in [-0.3, -0.25) is 10.1 Å². The van der Waals surface area contributed by atoms with Gasteiger partial charge in [0.15, 0.2) is 0 Å². The highest BCUT2D eigenvalue weighted by Crippen LogP contribution is 2.27. The highest BCUT2D eigenvalue weighted by molar-refractivity contribution is 7.99. The summed E-state index contributed by atoms with van der Waals surface area (Å²) in [7, 11) is 0. The minimum Gasteiger partial charge on any atom is -0.480 e. The molecule has 0 aromatic rings. The van der Waals surface area contributed by atoms with E-state index in [0.29, 0.717) is 32.6 Å². The fraction of sp³-hybridized carbons (Fsp3) is 0.900. The molecule has 1 aliphatic rings. The van der Waals surface area contributed by atoms with Crippen molar-refractivity contribution >= 4 is 17.7 Å². The first-order valence-corrected chi connectivity index (χ1v) is 6.61. The smallest absolute Gasteiger partial charge is 0.323 e. The van der Waals surface area contributed by atoms with E-state index < -0.39 is 11.5 Å². The van der Waals surface area contributed by atoms with Gasteiger partial charge in [-0.2, -0.15) is 11.8 Å². The van der Waals surface area contributed by atoms with E-state index in [1.165, 1.54) is 0 Å². The van der Waals surface area contributed by atoms with E-state index >= 15 is 0 Å². The Kier molecular flexibility index (Phi) is 6.12. The molecule has 0 unspecified atom stereocenters. The van der Waals surface area contributed by atoms with Crippen molar-refractivity contribution in [2.75, 3.05) is 37.9 Å². The first-order valence-electron chi connectivity index (χ1n) is 5.46. The van der Waals surface area contributed by atoms with Crippen LogP contribution < -0.4 is 5.32 Å². The predicted octanol–water partition coefficient (Wildman–Crippen LogP) is -0.0647. The Balaban J connectivity index is 2.30. The molecule has 1 aliphatic heterocycles. The maximum Gasteiger partial charge on any atom is 0.323 e. The second-order valence-corrected chi connectivity index (χ2v) is 4.99. The molecule has 3 N–H and O–H groups in total. The molecule has 1 rings (SSSR count). The van der Waals surface area contributed by atoms with Crippen molar-refractivity contribution in [3.8, 4) is 0 Å². The van der Waals surface area contributed by atoms with E-state index in [9.17, 15) is 9.90 Å². The summed E-state index contributed by atoms with van der Waals surface area (Å²) in [5.41, 5.74) is -0.770. The predicted molar refractivity (Wildman–Crippen MR) is 62.8 cm³/mol. The molecule has 0 spiro atoms. The molecule has 0 bridgehead atoms. The number of carbonyl (C=O) groups is 1. The molecule has 6 heteroatoms. The molecule has 0 aromatic carbocycles. The van der Waals surface area contributed by atoms with Crippen LogP contribution in [0.2, 0.25) is 0 Å². The first kappa shape index (κ1) is 13.8. The third-order valence-corrected chi connectivity index (χ3v) is 3.69. The van der Waals surface area contributed by atoms with E-state index in [0.717, 1.165) is 11.5 Å². The maximum atomic E-state index is 11.2. The van der Waals surface area contributed by atoms with Crippen molar-refractivity contribution in [2.24, 2.45) is 0 Å². The molecule has 94 valence electrons. The second-order valence-electron chi connectivity index (χ2n) is 3.76. The molecule has 1 saturated heterocycles. The number of rotatable bonds is 7. The molecule has 5 nitrogen and oxygen atoms in total. The number of ether oxygens (including phenoxy) is 1. The zero-order valence-electron chi connectivity index (χ0n) is 9.28. The van der Waals surface area contributed by atoms with Crippen LogP contribution in [-0.4, -0.2) is 59.6 Å². The minimum absolute atomic E-state index is 0.000708. The molecule has 0 saturated carbocycles. The molecular weight excluding hydrogens is 230 g/mol. The largest absolute Gasteiger partial charge is 0.480 e. The summed E-state index contributed by atoms with van der Waals surface area (Å²) in [6, 6.07) is 0. The summed E-state index contributed by atoms with van der Waals surface area (Å²) < 4.78 is 5.09. The number of aliphatic carboxylic acids is 1. The van der Waals surface area contributed by atoms with Crippen LogP contribution in [0.1, 0.15) is 12.8 Å². The lowest BCUT2D eigenvalue weighted by atomic mass is 9.92. The topological polar surface area (TPSA) is 78.8 Å². The maximum absolute atomic E-state index is 11.2. The Morgan fingerprint density at radius 1 is 1.38 bits per heavy atom. The number of aliphatic hydroxyl groups is 1. The fourth-order valence-electron chi connectivity index (χ4n) is 1.72. The monoisotopic (exact) mass is 249 g/mol. The number of hydrogen-bond acceptors (Lipinski definition) is 5. The van der Waals surface area contributed by atoms with Crippen molar-refractivity contribution in [1.29, 1.82) is 0 Å². The van der Waals surface area contributed by atoms with Crippen molar-refractivity contribution < 1.29 is 19.7 Å². The van der Waals surface area contributed by atoms with Crippen molar-refractivity contribution in [1.82, 2.24) is 5.32 Å². The van der Waals surface area contributed by atoms with E-state index in [1.807, 2.05) is 0 Å². The van der Waals surface area contributed by atoms with Crippen molar-refractivity contribution in [2.45, 2.75) is 18.4 Å². The van der Waals surface area contributed by atoms with Crippen molar-refractivity contribution in [3.05, 3.63) is 0 Å². The standard InChI is InChI=1S/C10H19NO4S/c12-4-6-15-5-3-11-10(9(13)14)1-7-16-8-2-10/h11-12H,1-8H2,(H,13,14). The molecule has 0 amide bonds. The summed E-state index contributed by atoms with van der Waals surface area (Å²) in [5.74, 6) is 1.00. The van der Waals surface area contributed by atoms with Crippen LogP contribution in [0.25, 0.3) is 0 Å². The zero-order valence-corrected chi connectivity index (χ0v) is 10.1. The second kappa shape index (κ2) is 7.11. The quantitative estimate of drug-likeness (QED) is 0.548. The van der Waals surface area contributed by atoms with Gasteiger partial charge in [-0.15, -0.1) is 0 Å². The average molecular weight is 249 g/mol. The number of hydrogen-bond donors (Lipinski definition) is 3. The summed E-state index contributed by atoms with van der Waals surface area (Å²) in [4.78, 5) is 11.2. The zero-order chi connectivity index (χ0) is 11.9. The third kappa shape index (κ3) is 3.93. The average Bonchev–Trinajstić information content (AvgIpc) is 2.30. The Morgan fingerprint density at radius 2 is 2.06 bits per heavy atom. The fourth-order valence-corrected chi connectivity index (χ4v) is 2.90. The normalized spacial score (nSPS) is 19.6. The van der Waals surface area contributed by atoms with E-state index in [2.05, 4.69) is 5.32 Å². The van der Waals surface area contributed by atoms with Gasteiger partial charge < -0.3 is 14.9 Å². The van der Waals surface area contributed by atoms with Crippen molar-refractivity contribution in [3.63, 3.8) is 0 Å². The highest BCUT2D eigenvalue weighted by Gasteiger charge is 2.39. The van der Waals surface area contributed by atoms with Crippen LogP contribution in [0.3, 0.4) is 0 Å². The Morgan fingerprint density at radius 3 is 2.62 bits per heavy atom. The summed E-state index contributed by atoms with van der Waals surface area (Å²) >= 11 is 1.79. The molecular formula is C10H19NO4S. The van der Waals surface area contributed by atoms with Crippen LogP contribution in [0.5, 0.6) is 0 Å². The first-order chi connectivity index (χ1) is 7.71. The number of carboxylic acid groups (broad SMARTS) is 1. The van der Waals surface area contributed by atoms with Gasteiger partial charge in [-0.05, 0) is 24.3 Å². The van der Waals surface area contributed by atoms with Gasteiger partial charge in [-0.1, -0.05) is 0 Å². The lowest BCUT2D eigenvalue weighted by Crippen LogP contribution is -2.55. The van der Waals surface area contributed by atoms with Crippen LogP contribution in [0.15, 0.2) is 0 Å². The summed E-state index contributed by atoms with van der Waals surface area (Å²) in [6.07, 6.45) is 1.32. The van der Waals surface area contributed by atoms with Crippen LogP contribution in [0, 0.1) is 0 Å². The molecule has 0 aromatic heterocycles. The highest BCUT2D eigenvalue weighted by atomic mass is 32.2. The number of aliphatic hydroxyl groups excluding tert-OH is 1. The van der Waals surface area contributed by atoms with Gasteiger partial charge >= 0.3 is 5.97 Å². The SMILES string of the molecule is O=C(O)C1(NCCOCCO)CCSCC1. The molecule has 16 heavy (non-hydrogen) atoms. The molecule has 1 heterocycles. The molecule has 0 radical (unpaired) electrons. The Hall–Kier alpha value is -0.300. The lowest BCUT2D eigenvalue weighted by molar-refractivity contribution is -0.145. The van der Waals surface area contributed by atoms with E-state index in [1.54, 1.807) is 11.8 Å². The van der Waals surface area contributed by atoms with Gasteiger partial charge in [0.05, 0.1) is 19.8 Å². The Bertz CT molecular complexity index is 219.